The van der Waals surface area contributed by atoms with Gasteiger partial charge in [0.15, 0.2) is 0 Å². The zero-order valence-electron chi connectivity index (χ0n) is 23.7. The van der Waals surface area contributed by atoms with Crippen molar-refractivity contribution in [3.63, 3.8) is 0 Å². The van der Waals surface area contributed by atoms with E-state index in [-0.39, 0.29) is 0 Å². The maximum absolute atomic E-state index is 2.38. The van der Waals surface area contributed by atoms with Gasteiger partial charge in [0.2, 0.25) is 0 Å². The van der Waals surface area contributed by atoms with Crippen LogP contribution in [0.15, 0.2) is 146 Å². The lowest BCUT2D eigenvalue weighted by molar-refractivity contribution is 1.69. The monoisotopic (exact) mass is 592 g/mol. The van der Waals surface area contributed by atoms with E-state index >= 15 is 0 Å². The highest BCUT2D eigenvalue weighted by Crippen LogP contribution is 2.45. The summed E-state index contributed by atoms with van der Waals surface area (Å²) in [6.45, 7) is 0. The lowest BCUT2D eigenvalue weighted by Crippen LogP contribution is -1.80. The second-order valence-electron chi connectivity index (χ2n) is 11.7. The van der Waals surface area contributed by atoms with Crippen LogP contribution in [0.1, 0.15) is 0 Å². The van der Waals surface area contributed by atoms with Crippen LogP contribution in [0.25, 0.3) is 94.9 Å². The van der Waals surface area contributed by atoms with Crippen molar-refractivity contribution < 1.29 is 0 Å². The Morgan fingerprint density at radius 2 is 0.659 bits per heavy atom. The van der Waals surface area contributed by atoms with Gasteiger partial charge in [-0.25, -0.2) is 0 Å². The summed E-state index contributed by atoms with van der Waals surface area (Å²) in [5.74, 6) is 0. The largest absolute Gasteiger partial charge is 0.135 e. The van der Waals surface area contributed by atoms with Gasteiger partial charge >= 0.3 is 0 Å². The van der Waals surface area contributed by atoms with Gasteiger partial charge in [0.1, 0.15) is 0 Å². The van der Waals surface area contributed by atoms with Crippen molar-refractivity contribution >= 4 is 95.3 Å². The molecule has 44 heavy (non-hydrogen) atoms. The van der Waals surface area contributed by atoms with Crippen molar-refractivity contribution in [2.24, 2.45) is 0 Å². The lowest BCUT2D eigenvalue weighted by atomic mass is 9.97. The average molecular weight is 593 g/mol. The molecule has 10 aromatic rings. The molecule has 2 heteroatoms. The molecule has 2 aromatic heterocycles. The first-order valence-electron chi connectivity index (χ1n) is 15.0. The van der Waals surface area contributed by atoms with E-state index in [9.17, 15) is 0 Å². The molecule has 204 valence electrons. The molecule has 0 saturated carbocycles. The second-order valence-corrected chi connectivity index (χ2v) is 13.9. The Kier molecular flexibility index (Phi) is 5.13. The predicted octanol–water partition coefficient (Wildman–Crippen LogP) is 13.2. The molecule has 0 fully saturated rings. The van der Waals surface area contributed by atoms with E-state index in [1.807, 2.05) is 22.7 Å². The third-order valence-corrected chi connectivity index (χ3v) is 11.5. The Labute approximate surface area is 262 Å². The van der Waals surface area contributed by atoms with Crippen LogP contribution in [0.3, 0.4) is 0 Å². The Morgan fingerprint density at radius 1 is 0.273 bits per heavy atom. The molecule has 0 saturated heterocycles. The van der Waals surface area contributed by atoms with E-state index in [1.165, 1.54) is 94.9 Å². The normalized spacial score (nSPS) is 12.1. The average Bonchev–Trinajstić information content (AvgIpc) is 3.65. The van der Waals surface area contributed by atoms with Gasteiger partial charge in [-0.15, -0.1) is 22.7 Å². The summed E-state index contributed by atoms with van der Waals surface area (Å²) in [4.78, 5) is 0. The smallest absolute Gasteiger partial charge is 0.0361 e. The summed E-state index contributed by atoms with van der Waals surface area (Å²) in [5, 5.41) is 13.3. The SMILES string of the molecule is c1ccc2cc(-c3ccc4c(c3)sc3ccc5c(ccc6sc7cc(-c8ccc9ccccc9c8)ccc7c65)c34)ccc2c1. The lowest BCUT2D eigenvalue weighted by Gasteiger charge is -2.06. The van der Waals surface area contributed by atoms with Crippen LogP contribution in [-0.2, 0) is 0 Å². The zero-order chi connectivity index (χ0) is 28.8. The van der Waals surface area contributed by atoms with Crippen LogP contribution >= 0.6 is 22.7 Å². The summed E-state index contributed by atoms with van der Waals surface area (Å²) in [6, 6.07) is 54.2. The van der Waals surface area contributed by atoms with E-state index in [2.05, 4.69) is 146 Å². The van der Waals surface area contributed by atoms with E-state index < -0.39 is 0 Å². The number of thiophene rings is 2. The fourth-order valence-electron chi connectivity index (χ4n) is 7.05. The molecule has 0 nitrogen and oxygen atoms in total. The quantitative estimate of drug-likeness (QED) is 0.187. The first kappa shape index (κ1) is 24.4. The molecule has 0 radical (unpaired) electrons. The minimum Gasteiger partial charge on any atom is -0.135 e. The van der Waals surface area contributed by atoms with Crippen LogP contribution in [0.4, 0.5) is 0 Å². The van der Waals surface area contributed by atoms with Crippen molar-refractivity contribution in [3.8, 4) is 22.3 Å². The topological polar surface area (TPSA) is 0 Å². The summed E-state index contributed by atoms with van der Waals surface area (Å²) in [5.41, 5.74) is 5.07. The van der Waals surface area contributed by atoms with E-state index in [1.54, 1.807) is 0 Å². The Hall–Kier alpha value is -5.02. The first-order valence-corrected chi connectivity index (χ1v) is 16.6. The summed E-state index contributed by atoms with van der Waals surface area (Å²) < 4.78 is 5.38. The molecule has 0 atom stereocenters. The Balaban J connectivity index is 1.13. The van der Waals surface area contributed by atoms with Crippen LogP contribution in [0.2, 0.25) is 0 Å². The van der Waals surface area contributed by atoms with Gasteiger partial charge in [-0.3, -0.25) is 0 Å². The number of benzene rings is 8. The molecule has 0 spiro atoms. The Bertz CT molecular complexity index is 2580. The molecule has 0 aliphatic rings. The van der Waals surface area contributed by atoms with Crippen LogP contribution in [0, 0.1) is 0 Å². The number of rotatable bonds is 2. The predicted molar refractivity (Wildman–Crippen MR) is 196 cm³/mol. The molecular formula is C42H24S2. The van der Waals surface area contributed by atoms with Crippen LogP contribution < -0.4 is 0 Å². The fraction of sp³-hybridized carbons (Fsp3) is 0. The first-order chi connectivity index (χ1) is 21.8. The molecule has 10 rings (SSSR count). The number of hydrogen-bond donors (Lipinski definition) is 0. The molecule has 0 aliphatic heterocycles. The van der Waals surface area contributed by atoms with Crippen molar-refractivity contribution in [1.29, 1.82) is 0 Å². The van der Waals surface area contributed by atoms with Gasteiger partial charge in [-0.05, 0) is 91.0 Å². The van der Waals surface area contributed by atoms with Gasteiger partial charge in [-0.2, -0.15) is 0 Å². The number of hydrogen-bond acceptors (Lipinski definition) is 2. The Morgan fingerprint density at radius 3 is 1.14 bits per heavy atom. The standard InChI is InChI=1S/C42H24S2/c1-3-7-27-21-29(11-9-25(27)5-1)31-13-15-35-39(23-31)43-37-19-17-34-33(41(35)37)18-20-38-42(34)36-16-14-32(24-40(36)44-38)30-12-10-26-6-2-4-8-28(26)22-30/h1-24H. The van der Waals surface area contributed by atoms with Crippen molar-refractivity contribution in [1.82, 2.24) is 0 Å². The highest BCUT2D eigenvalue weighted by Gasteiger charge is 2.15. The summed E-state index contributed by atoms with van der Waals surface area (Å²) in [7, 11) is 0. The van der Waals surface area contributed by atoms with E-state index in [0.717, 1.165) is 0 Å². The van der Waals surface area contributed by atoms with Crippen molar-refractivity contribution in [2.75, 3.05) is 0 Å². The van der Waals surface area contributed by atoms with Gasteiger partial charge in [0.25, 0.3) is 0 Å². The zero-order valence-corrected chi connectivity index (χ0v) is 25.3. The molecule has 0 amide bonds. The highest BCUT2D eigenvalue weighted by molar-refractivity contribution is 7.26. The second kappa shape index (κ2) is 9.24. The summed E-state index contributed by atoms with van der Waals surface area (Å²) >= 11 is 3.81. The number of fused-ring (bicyclic) bond motifs is 11. The molecule has 8 aromatic carbocycles. The molecular weight excluding hydrogens is 569 g/mol. The molecule has 0 N–H and O–H groups in total. The fourth-order valence-corrected chi connectivity index (χ4v) is 9.37. The minimum absolute atomic E-state index is 1.27. The van der Waals surface area contributed by atoms with Gasteiger partial charge in [0, 0.05) is 40.3 Å². The molecule has 0 aliphatic carbocycles. The third-order valence-electron chi connectivity index (χ3n) is 9.23. The van der Waals surface area contributed by atoms with Gasteiger partial charge < -0.3 is 0 Å². The van der Waals surface area contributed by atoms with Gasteiger partial charge in [0.05, 0.1) is 0 Å². The third kappa shape index (κ3) is 3.62. The van der Waals surface area contributed by atoms with E-state index in [0.29, 0.717) is 0 Å². The van der Waals surface area contributed by atoms with Crippen LogP contribution in [0.5, 0.6) is 0 Å². The minimum atomic E-state index is 1.27. The van der Waals surface area contributed by atoms with Crippen LogP contribution in [-0.4, -0.2) is 0 Å². The maximum atomic E-state index is 2.38. The summed E-state index contributed by atoms with van der Waals surface area (Å²) in [6.07, 6.45) is 0. The van der Waals surface area contributed by atoms with Crippen molar-refractivity contribution in [3.05, 3.63) is 146 Å². The van der Waals surface area contributed by atoms with E-state index in [4.69, 9.17) is 0 Å². The molecule has 0 bridgehead atoms. The highest BCUT2D eigenvalue weighted by atomic mass is 32.1. The maximum Gasteiger partial charge on any atom is 0.0361 e. The van der Waals surface area contributed by atoms with Gasteiger partial charge in [-0.1, -0.05) is 109 Å². The molecule has 2 heterocycles. The van der Waals surface area contributed by atoms with Crippen molar-refractivity contribution in [2.45, 2.75) is 0 Å². The molecule has 0 unspecified atom stereocenters.